The van der Waals surface area contributed by atoms with Gasteiger partial charge >= 0.3 is 0 Å². The number of hydrogen-bond acceptors (Lipinski definition) is 5. The molecule has 1 aliphatic carbocycles. The standard InChI is InChI=1S/C22H24N4OS/c1-13-14(2)28-12-17(13)21(27)26-19-9-22(3,4)8-18-16(19)11-24-20(25-18)15-6-5-7-23-10-15/h5-7,10-12,19H,8-9H2,1-4H3,(H,26,27). The van der Waals surface area contributed by atoms with E-state index in [0.29, 0.717) is 5.82 Å². The summed E-state index contributed by atoms with van der Waals surface area (Å²) in [6.45, 7) is 8.49. The Kier molecular flexibility index (Phi) is 4.75. The molecule has 5 nitrogen and oxygen atoms in total. The second-order valence-electron chi connectivity index (χ2n) is 8.24. The van der Waals surface area contributed by atoms with Crippen LogP contribution in [0.1, 0.15) is 58.4 Å². The lowest BCUT2D eigenvalue weighted by Crippen LogP contribution is -2.37. The summed E-state index contributed by atoms with van der Waals surface area (Å²) in [6, 6.07) is 3.76. The molecule has 0 radical (unpaired) electrons. The molecule has 1 amide bonds. The lowest BCUT2D eigenvalue weighted by molar-refractivity contribution is 0.0918. The van der Waals surface area contributed by atoms with E-state index in [4.69, 9.17) is 4.98 Å². The van der Waals surface area contributed by atoms with Crippen molar-refractivity contribution in [3.05, 3.63) is 63.4 Å². The normalized spacial score (nSPS) is 17.8. The van der Waals surface area contributed by atoms with Gasteiger partial charge in [0.05, 0.1) is 17.3 Å². The van der Waals surface area contributed by atoms with Gasteiger partial charge in [0.15, 0.2) is 5.82 Å². The number of pyridine rings is 1. The smallest absolute Gasteiger partial charge is 0.252 e. The van der Waals surface area contributed by atoms with Crippen LogP contribution >= 0.6 is 11.3 Å². The molecule has 1 aliphatic rings. The molecule has 3 aromatic heterocycles. The fourth-order valence-electron chi connectivity index (χ4n) is 3.78. The van der Waals surface area contributed by atoms with Crippen molar-refractivity contribution in [3.63, 3.8) is 0 Å². The topological polar surface area (TPSA) is 67.8 Å². The van der Waals surface area contributed by atoms with Gasteiger partial charge in [-0.1, -0.05) is 13.8 Å². The maximum Gasteiger partial charge on any atom is 0.252 e. The minimum Gasteiger partial charge on any atom is -0.345 e. The third-order valence-corrected chi connectivity index (χ3v) is 6.45. The van der Waals surface area contributed by atoms with Gasteiger partial charge in [-0.05, 0) is 49.8 Å². The summed E-state index contributed by atoms with van der Waals surface area (Å²) in [5.41, 5.74) is 4.80. The van der Waals surface area contributed by atoms with Crippen LogP contribution in [0.25, 0.3) is 11.4 Å². The van der Waals surface area contributed by atoms with Crippen LogP contribution in [0.15, 0.2) is 36.1 Å². The summed E-state index contributed by atoms with van der Waals surface area (Å²) in [4.78, 5) is 27.6. The molecule has 0 saturated heterocycles. The molecule has 3 heterocycles. The predicted molar refractivity (Wildman–Crippen MR) is 111 cm³/mol. The van der Waals surface area contributed by atoms with Crippen LogP contribution in [-0.2, 0) is 6.42 Å². The number of carbonyl (C=O) groups excluding carboxylic acids is 1. The summed E-state index contributed by atoms with van der Waals surface area (Å²) in [5.74, 6) is 0.658. The molecule has 0 spiro atoms. The first kappa shape index (κ1) is 18.7. The van der Waals surface area contributed by atoms with E-state index in [1.54, 1.807) is 23.7 Å². The monoisotopic (exact) mass is 392 g/mol. The van der Waals surface area contributed by atoms with E-state index in [1.165, 1.54) is 4.88 Å². The molecule has 3 aromatic rings. The number of thiophene rings is 1. The molecular formula is C22H24N4OS. The van der Waals surface area contributed by atoms with Crippen LogP contribution in [0.2, 0.25) is 0 Å². The van der Waals surface area contributed by atoms with Gasteiger partial charge in [0.1, 0.15) is 0 Å². The lowest BCUT2D eigenvalue weighted by atomic mass is 9.74. The molecule has 0 aliphatic heterocycles. The number of amides is 1. The number of nitrogens with zero attached hydrogens (tertiary/aromatic N) is 3. The van der Waals surface area contributed by atoms with Gasteiger partial charge in [0.2, 0.25) is 0 Å². The van der Waals surface area contributed by atoms with Crippen molar-refractivity contribution in [1.29, 1.82) is 0 Å². The molecule has 6 heteroatoms. The molecule has 0 aromatic carbocycles. The van der Waals surface area contributed by atoms with Gasteiger partial charge in [-0.2, -0.15) is 0 Å². The van der Waals surface area contributed by atoms with Crippen LogP contribution in [-0.4, -0.2) is 20.9 Å². The minimum atomic E-state index is -0.0891. The molecule has 1 unspecified atom stereocenters. The minimum absolute atomic E-state index is 0.0214. The van der Waals surface area contributed by atoms with Gasteiger partial charge < -0.3 is 5.32 Å². The van der Waals surface area contributed by atoms with Crippen LogP contribution in [0, 0.1) is 19.3 Å². The molecule has 144 valence electrons. The maximum atomic E-state index is 12.9. The highest BCUT2D eigenvalue weighted by molar-refractivity contribution is 7.10. The van der Waals surface area contributed by atoms with Gasteiger partial charge in [0.25, 0.3) is 5.91 Å². The van der Waals surface area contributed by atoms with E-state index >= 15 is 0 Å². The summed E-state index contributed by atoms with van der Waals surface area (Å²) >= 11 is 1.61. The Morgan fingerprint density at radius 2 is 2.11 bits per heavy atom. The lowest BCUT2D eigenvalue weighted by Gasteiger charge is -2.36. The van der Waals surface area contributed by atoms with E-state index in [0.717, 1.165) is 40.8 Å². The molecular weight excluding hydrogens is 368 g/mol. The average Bonchev–Trinajstić information content (AvgIpc) is 3.00. The third-order valence-electron chi connectivity index (χ3n) is 5.43. The van der Waals surface area contributed by atoms with Crippen molar-refractivity contribution < 1.29 is 4.79 Å². The first-order valence-electron chi connectivity index (χ1n) is 9.46. The number of hydrogen-bond donors (Lipinski definition) is 1. The molecule has 28 heavy (non-hydrogen) atoms. The van der Waals surface area contributed by atoms with Crippen molar-refractivity contribution in [2.45, 2.75) is 46.6 Å². The number of aromatic nitrogens is 3. The zero-order chi connectivity index (χ0) is 19.9. The second-order valence-corrected chi connectivity index (χ2v) is 9.32. The van der Waals surface area contributed by atoms with E-state index in [1.807, 2.05) is 37.6 Å². The van der Waals surface area contributed by atoms with Gasteiger partial charge in [-0.25, -0.2) is 9.97 Å². The first-order chi connectivity index (χ1) is 13.3. The highest BCUT2D eigenvalue weighted by Gasteiger charge is 2.35. The average molecular weight is 393 g/mol. The third kappa shape index (κ3) is 3.56. The van der Waals surface area contributed by atoms with Crippen molar-refractivity contribution in [3.8, 4) is 11.4 Å². The maximum absolute atomic E-state index is 12.9. The first-order valence-corrected chi connectivity index (χ1v) is 10.3. The summed E-state index contributed by atoms with van der Waals surface area (Å²) < 4.78 is 0. The highest BCUT2D eigenvalue weighted by Crippen LogP contribution is 2.40. The van der Waals surface area contributed by atoms with Crippen LogP contribution in [0.3, 0.4) is 0 Å². The van der Waals surface area contributed by atoms with E-state index in [2.05, 4.69) is 29.1 Å². The molecule has 4 rings (SSSR count). The van der Waals surface area contributed by atoms with Crippen molar-refractivity contribution in [1.82, 2.24) is 20.3 Å². The van der Waals surface area contributed by atoms with Crippen LogP contribution in [0.5, 0.6) is 0 Å². The largest absolute Gasteiger partial charge is 0.345 e. The highest BCUT2D eigenvalue weighted by atomic mass is 32.1. The summed E-state index contributed by atoms with van der Waals surface area (Å²) in [5, 5.41) is 5.18. The van der Waals surface area contributed by atoms with E-state index < -0.39 is 0 Å². The van der Waals surface area contributed by atoms with E-state index in [-0.39, 0.29) is 17.4 Å². The molecule has 0 saturated carbocycles. The van der Waals surface area contributed by atoms with Crippen molar-refractivity contribution >= 4 is 17.2 Å². The number of aryl methyl sites for hydroxylation is 1. The quantitative estimate of drug-likeness (QED) is 0.704. The Balaban J connectivity index is 1.67. The second kappa shape index (κ2) is 7.09. The number of rotatable bonds is 3. The molecule has 1 atom stereocenters. The Labute approximate surface area is 169 Å². The zero-order valence-electron chi connectivity index (χ0n) is 16.6. The molecule has 1 N–H and O–H groups in total. The molecule has 0 fully saturated rings. The molecule has 0 bridgehead atoms. The van der Waals surface area contributed by atoms with Crippen LogP contribution < -0.4 is 5.32 Å². The van der Waals surface area contributed by atoms with Gasteiger partial charge in [0, 0.05) is 40.0 Å². The summed E-state index contributed by atoms with van der Waals surface area (Å²) in [6.07, 6.45) is 7.11. The predicted octanol–water partition coefficient (Wildman–Crippen LogP) is 4.66. The Hall–Kier alpha value is -2.60. The zero-order valence-corrected chi connectivity index (χ0v) is 17.4. The number of fused-ring (bicyclic) bond motifs is 1. The van der Waals surface area contributed by atoms with E-state index in [9.17, 15) is 4.79 Å². The van der Waals surface area contributed by atoms with Gasteiger partial charge in [-0.15, -0.1) is 11.3 Å². The SMILES string of the molecule is Cc1scc(C(=O)NC2CC(C)(C)Cc3nc(-c4cccnc4)ncc32)c1C. The van der Waals surface area contributed by atoms with Crippen molar-refractivity contribution in [2.75, 3.05) is 0 Å². The fraction of sp³-hybridized carbons (Fsp3) is 0.364. The summed E-state index contributed by atoms with van der Waals surface area (Å²) in [7, 11) is 0. The fourth-order valence-corrected chi connectivity index (χ4v) is 4.65. The Morgan fingerprint density at radius 1 is 1.29 bits per heavy atom. The van der Waals surface area contributed by atoms with Crippen LogP contribution in [0.4, 0.5) is 0 Å². The Morgan fingerprint density at radius 3 is 2.79 bits per heavy atom. The number of carbonyl (C=O) groups is 1. The van der Waals surface area contributed by atoms with Crippen molar-refractivity contribution in [2.24, 2.45) is 5.41 Å². The number of nitrogens with one attached hydrogen (secondary N) is 1. The van der Waals surface area contributed by atoms with Gasteiger partial charge in [-0.3, -0.25) is 9.78 Å². The Bertz CT molecular complexity index is 1030.